The van der Waals surface area contributed by atoms with E-state index in [9.17, 15) is 19.3 Å². The summed E-state index contributed by atoms with van der Waals surface area (Å²) in [6.45, 7) is 1.31. The molecule has 2 aromatic carbocycles. The molecular weight excluding hydrogens is 399 g/mol. The number of carbonyl (C=O) groups is 1. The topological polar surface area (TPSA) is 90.7 Å². The Kier molecular flexibility index (Phi) is 5.92. The maximum atomic E-state index is 13.0. The number of amides is 1. The lowest BCUT2D eigenvalue weighted by Gasteiger charge is -2.12. The van der Waals surface area contributed by atoms with Gasteiger partial charge in [-0.2, -0.15) is 0 Å². The number of anilines is 1. The minimum absolute atomic E-state index is 0.0353. The average Bonchev–Trinajstić information content (AvgIpc) is 2.55. The van der Waals surface area contributed by atoms with Crippen molar-refractivity contribution in [3.8, 4) is 11.5 Å². The second-order valence-electron chi connectivity index (χ2n) is 5.01. The number of hydrogen-bond acceptors (Lipinski definition) is 5. The lowest BCUT2D eigenvalue weighted by atomic mass is 10.1. The quantitative estimate of drug-likeness (QED) is 0.574. The molecule has 0 aromatic heterocycles. The molecule has 0 aliphatic rings. The highest BCUT2D eigenvalue weighted by Crippen LogP contribution is 2.32. The average molecular weight is 413 g/mol. The molecule has 0 saturated heterocycles. The Morgan fingerprint density at radius 3 is 2.64 bits per heavy atom. The minimum atomic E-state index is -0.563. The first-order valence-electron chi connectivity index (χ1n) is 7.02. The molecule has 0 radical (unpaired) electrons. The van der Waals surface area contributed by atoms with Gasteiger partial charge in [-0.1, -0.05) is 0 Å². The molecule has 2 rings (SSSR count). The monoisotopic (exact) mass is 412 g/mol. The summed E-state index contributed by atoms with van der Waals surface area (Å²) in [5.74, 6) is -0.560. The molecule has 0 aliphatic heterocycles. The molecule has 25 heavy (non-hydrogen) atoms. The highest BCUT2D eigenvalue weighted by atomic mass is 79.9. The summed E-state index contributed by atoms with van der Waals surface area (Å²) in [4.78, 5) is 22.4. The molecular formula is C16H14BrFN2O5. The number of benzene rings is 2. The van der Waals surface area contributed by atoms with E-state index in [4.69, 9.17) is 9.47 Å². The van der Waals surface area contributed by atoms with Crippen molar-refractivity contribution in [2.24, 2.45) is 0 Å². The second kappa shape index (κ2) is 7.93. The fourth-order valence-corrected chi connectivity index (χ4v) is 2.50. The van der Waals surface area contributed by atoms with E-state index in [1.807, 2.05) is 0 Å². The first-order chi connectivity index (χ1) is 11.8. The molecule has 7 nitrogen and oxygen atoms in total. The molecule has 0 fully saturated rings. The molecule has 9 heteroatoms. The molecule has 0 atom stereocenters. The van der Waals surface area contributed by atoms with Crippen LogP contribution in [0.5, 0.6) is 11.5 Å². The zero-order valence-corrected chi connectivity index (χ0v) is 14.9. The molecule has 1 amide bonds. The number of nitrogens with zero attached hydrogens (tertiary/aromatic N) is 1. The number of rotatable bonds is 6. The molecule has 0 unspecified atom stereocenters. The predicted molar refractivity (Wildman–Crippen MR) is 92.6 cm³/mol. The molecule has 0 aliphatic carbocycles. The van der Waals surface area contributed by atoms with E-state index < -0.39 is 16.6 Å². The van der Waals surface area contributed by atoms with Crippen molar-refractivity contribution >= 4 is 33.2 Å². The largest absolute Gasteiger partial charge is 0.490 e. The summed E-state index contributed by atoms with van der Waals surface area (Å²) in [6, 6.07) is 6.51. The summed E-state index contributed by atoms with van der Waals surface area (Å²) < 4.78 is 23.7. The maximum Gasteiger partial charge on any atom is 0.311 e. The molecule has 0 bridgehead atoms. The number of nitrogens with one attached hydrogen (secondary N) is 1. The number of methoxy groups -OCH3 is 1. The lowest BCUT2D eigenvalue weighted by Crippen LogP contribution is -2.21. The Morgan fingerprint density at radius 2 is 2.04 bits per heavy atom. The van der Waals surface area contributed by atoms with Crippen LogP contribution < -0.4 is 14.8 Å². The number of halogens is 2. The van der Waals surface area contributed by atoms with Gasteiger partial charge in [0, 0.05) is 17.8 Å². The van der Waals surface area contributed by atoms with Crippen LogP contribution in [0.15, 0.2) is 34.8 Å². The van der Waals surface area contributed by atoms with Gasteiger partial charge in [-0.15, -0.1) is 0 Å². The van der Waals surface area contributed by atoms with Crippen LogP contribution in [-0.2, 0) is 4.79 Å². The van der Waals surface area contributed by atoms with Crippen molar-refractivity contribution in [3.05, 3.63) is 56.3 Å². The smallest absolute Gasteiger partial charge is 0.311 e. The molecule has 0 saturated carbocycles. The van der Waals surface area contributed by atoms with Gasteiger partial charge >= 0.3 is 5.69 Å². The van der Waals surface area contributed by atoms with E-state index >= 15 is 0 Å². The first-order valence-corrected chi connectivity index (χ1v) is 7.82. The third kappa shape index (κ3) is 4.66. The Labute approximate surface area is 151 Å². The van der Waals surface area contributed by atoms with Crippen LogP contribution in [0.4, 0.5) is 15.8 Å². The van der Waals surface area contributed by atoms with Gasteiger partial charge in [0.25, 0.3) is 5.91 Å². The van der Waals surface area contributed by atoms with Gasteiger partial charge in [0.1, 0.15) is 11.6 Å². The predicted octanol–water partition coefficient (Wildman–Crippen LogP) is 3.83. The van der Waals surface area contributed by atoms with Crippen molar-refractivity contribution in [1.29, 1.82) is 0 Å². The molecule has 132 valence electrons. The van der Waals surface area contributed by atoms with Crippen molar-refractivity contribution in [2.45, 2.75) is 6.92 Å². The normalized spacial score (nSPS) is 10.2. The summed E-state index contributed by atoms with van der Waals surface area (Å²) in [5.41, 5.74) is 0.683. The highest BCUT2D eigenvalue weighted by molar-refractivity contribution is 9.10. The van der Waals surface area contributed by atoms with E-state index in [1.165, 1.54) is 37.4 Å². The third-order valence-corrected chi connectivity index (χ3v) is 3.87. The van der Waals surface area contributed by atoms with Gasteiger partial charge in [-0.05, 0) is 46.6 Å². The Hall–Kier alpha value is -2.68. The van der Waals surface area contributed by atoms with E-state index in [-0.39, 0.29) is 18.0 Å². The number of carbonyl (C=O) groups excluding carboxylic acids is 1. The van der Waals surface area contributed by atoms with E-state index in [0.717, 1.165) is 0 Å². The summed E-state index contributed by atoms with van der Waals surface area (Å²) in [6.07, 6.45) is 0. The number of nitro groups is 1. The van der Waals surface area contributed by atoms with Crippen molar-refractivity contribution in [3.63, 3.8) is 0 Å². The van der Waals surface area contributed by atoms with Crippen LogP contribution in [0, 0.1) is 22.9 Å². The number of hydrogen-bond donors (Lipinski definition) is 1. The van der Waals surface area contributed by atoms with Gasteiger partial charge in [-0.3, -0.25) is 14.9 Å². The van der Waals surface area contributed by atoms with Gasteiger partial charge in [0.05, 0.1) is 16.5 Å². The fourth-order valence-electron chi connectivity index (χ4n) is 2.04. The summed E-state index contributed by atoms with van der Waals surface area (Å²) in [7, 11) is 1.30. The van der Waals surface area contributed by atoms with Crippen molar-refractivity contribution in [2.75, 3.05) is 19.0 Å². The fraction of sp³-hybridized carbons (Fsp3) is 0.188. The van der Waals surface area contributed by atoms with E-state index in [0.29, 0.717) is 21.5 Å². The van der Waals surface area contributed by atoms with Gasteiger partial charge in [0.15, 0.2) is 12.4 Å². The van der Waals surface area contributed by atoms with E-state index in [1.54, 1.807) is 6.92 Å². The van der Waals surface area contributed by atoms with E-state index in [2.05, 4.69) is 21.2 Å². The van der Waals surface area contributed by atoms with Crippen molar-refractivity contribution < 1.29 is 23.6 Å². The molecule has 2 aromatic rings. The molecule has 0 spiro atoms. The second-order valence-corrected chi connectivity index (χ2v) is 5.86. The maximum absolute atomic E-state index is 13.0. The van der Waals surface area contributed by atoms with Crippen LogP contribution in [-0.4, -0.2) is 24.5 Å². The highest BCUT2D eigenvalue weighted by Gasteiger charge is 2.18. The SMILES string of the molecule is COc1cc(NC(=O)COc2ccc(F)cc2Br)c(C)cc1[N+](=O)[O-]. The van der Waals surface area contributed by atoms with Crippen LogP contribution in [0.3, 0.4) is 0 Å². The van der Waals surface area contributed by atoms with Crippen LogP contribution in [0.2, 0.25) is 0 Å². The third-order valence-electron chi connectivity index (χ3n) is 3.25. The number of ether oxygens (including phenoxy) is 2. The standard InChI is InChI=1S/C16H14BrFN2O5/c1-9-5-13(20(22)23)15(24-2)7-12(9)19-16(21)8-25-14-4-3-10(18)6-11(14)17/h3-7H,8H2,1-2H3,(H,19,21). The lowest BCUT2D eigenvalue weighted by molar-refractivity contribution is -0.385. The van der Waals surface area contributed by atoms with Gasteiger partial charge < -0.3 is 14.8 Å². The zero-order valence-electron chi connectivity index (χ0n) is 13.3. The summed E-state index contributed by atoms with van der Waals surface area (Å²) in [5, 5.41) is 13.6. The Morgan fingerprint density at radius 1 is 1.32 bits per heavy atom. The first kappa shape index (κ1) is 18.7. The van der Waals surface area contributed by atoms with Gasteiger partial charge in [-0.25, -0.2) is 4.39 Å². The minimum Gasteiger partial charge on any atom is -0.490 e. The Balaban J connectivity index is 2.08. The van der Waals surface area contributed by atoms with Crippen LogP contribution in [0.25, 0.3) is 0 Å². The zero-order chi connectivity index (χ0) is 18.6. The van der Waals surface area contributed by atoms with Crippen LogP contribution >= 0.6 is 15.9 Å². The molecule has 0 heterocycles. The van der Waals surface area contributed by atoms with Crippen LogP contribution in [0.1, 0.15) is 5.56 Å². The number of aryl methyl sites for hydroxylation is 1. The molecule has 1 N–H and O–H groups in total. The van der Waals surface area contributed by atoms with Crippen molar-refractivity contribution in [1.82, 2.24) is 0 Å². The Bertz CT molecular complexity index is 828. The summed E-state index contributed by atoms with van der Waals surface area (Å²) >= 11 is 3.14. The number of nitro benzene ring substituents is 1. The van der Waals surface area contributed by atoms with Gasteiger partial charge in [0.2, 0.25) is 0 Å².